The molecular formula is C14H25N. The first kappa shape index (κ1) is 11.2. The summed E-state index contributed by atoms with van der Waals surface area (Å²) < 4.78 is 0. The minimum Gasteiger partial charge on any atom is -0.296 e. The standard InChI is InChI=1S/C14H25N/c1-11(2)8-13-9-12(3)14-6-4-5-7-15(14)10-13/h8,11-12,14H,4-7,9-10H2,1-3H3/b13-8+/t12-,14?/m1/s1. The highest BCUT2D eigenvalue weighted by Gasteiger charge is 2.32. The molecule has 0 bridgehead atoms. The van der Waals surface area contributed by atoms with Gasteiger partial charge in [0, 0.05) is 12.6 Å². The van der Waals surface area contributed by atoms with Crippen LogP contribution in [0.1, 0.15) is 46.5 Å². The Morgan fingerprint density at radius 3 is 2.87 bits per heavy atom. The van der Waals surface area contributed by atoms with Crippen molar-refractivity contribution in [2.45, 2.75) is 52.5 Å². The summed E-state index contributed by atoms with van der Waals surface area (Å²) in [5, 5.41) is 0. The molecule has 0 radical (unpaired) electrons. The molecule has 0 spiro atoms. The largest absolute Gasteiger partial charge is 0.296 e. The second-order valence-electron chi connectivity index (χ2n) is 5.78. The number of hydrogen-bond acceptors (Lipinski definition) is 1. The third kappa shape index (κ3) is 2.63. The van der Waals surface area contributed by atoms with Crippen molar-refractivity contribution in [3.8, 4) is 0 Å². The predicted molar refractivity (Wildman–Crippen MR) is 65.9 cm³/mol. The summed E-state index contributed by atoms with van der Waals surface area (Å²) in [6.45, 7) is 9.62. The summed E-state index contributed by atoms with van der Waals surface area (Å²) in [6, 6.07) is 0.892. The Hall–Kier alpha value is -0.300. The van der Waals surface area contributed by atoms with Gasteiger partial charge in [0.25, 0.3) is 0 Å². The molecule has 0 N–H and O–H groups in total. The molecular weight excluding hydrogens is 182 g/mol. The van der Waals surface area contributed by atoms with E-state index < -0.39 is 0 Å². The Kier molecular flexibility index (Phi) is 3.50. The van der Waals surface area contributed by atoms with Crippen molar-refractivity contribution in [2.75, 3.05) is 13.1 Å². The van der Waals surface area contributed by atoms with E-state index in [0.29, 0.717) is 5.92 Å². The van der Waals surface area contributed by atoms with Gasteiger partial charge in [0.15, 0.2) is 0 Å². The van der Waals surface area contributed by atoms with Gasteiger partial charge in [-0.1, -0.05) is 38.8 Å². The van der Waals surface area contributed by atoms with Crippen molar-refractivity contribution in [2.24, 2.45) is 11.8 Å². The average molecular weight is 207 g/mol. The smallest absolute Gasteiger partial charge is 0.0196 e. The minimum atomic E-state index is 0.716. The highest BCUT2D eigenvalue weighted by atomic mass is 15.2. The lowest BCUT2D eigenvalue weighted by molar-refractivity contribution is 0.0920. The van der Waals surface area contributed by atoms with Gasteiger partial charge in [-0.05, 0) is 37.6 Å². The molecule has 0 amide bonds. The maximum Gasteiger partial charge on any atom is 0.0196 e. The topological polar surface area (TPSA) is 3.24 Å². The molecule has 1 unspecified atom stereocenters. The van der Waals surface area contributed by atoms with E-state index in [1.165, 1.54) is 38.8 Å². The fourth-order valence-corrected chi connectivity index (χ4v) is 3.32. The maximum absolute atomic E-state index is 2.73. The maximum atomic E-state index is 2.73. The van der Waals surface area contributed by atoms with Crippen molar-refractivity contribution < 1.29 is 0 Å². The van der Waals surface area contributed by atoms with Gasteiger partial charge >= 0.3 is 0 Å². The van der Waals surface area contributed by atoms with Crippen LogP contribution in [0.2, 0.25) is 0 Å². The molecule has 0 saturated carbocycles. The summed E-state index contributed by atoms with van der Waals surface area (Å²) in [5.74, 6) is 1.59. The predicted octanol–water partition coefficient (Wildman–Crippen LogP) is 3.46. The molecule has 86 valence electrons. The van der Waals surface area contributed by atoms with Crippen molar-refractivity contribution in [3.05, 3.63) is 11.6 Å². The molecule has 0 aliphatic carbocycles. The normalized spacial score (nSPS) is 35.9. The van der Waals surface area contributed by atoms with Gasteiger partial charge in [-0.3, -0.25) is 4.90 Å². The Bertz CT molecular complexity index is 242. The van der Waals surface area contributed by atoms with E-state index >= 15 is 0 Å². The Balaban J connectivity index is 2.04. The van der Waals surface area contributed by atoms with Crippen LogP contribution in [0.3, 0.4) is 0 Å². The quantitative estimate of drug-likeness (QED) is 0.595. The number of piperidine rings is 2. The fourth-order valence-electron chi connectivity index (χ4n) is 3.32. The van der Waals surface area contributed by atoms with E-state index in [2.05, 4.69) is 31.7 Å². The summed E-state index contributed by atoms with van der Waals surface area (Å²) in [7, 11) is 0. The Labute approximate surface area is 94.5 Å². The van der Waals surface area contributed by atoms with Crippen molar-refractivity contribution >= 4 is 0 Å². The van der Waals surface area contributed by atoms with Crippen LogP contribution in [0.5, 0.6) is 0 Å². The van der Waals surface area contributed by atoms with Gasteiger partial charge in [0.05, 0.1) is 0 Å². The van der Waals surface area contributed by atoms with Crippen LogP contribution < -0.4 is 0 Å². The number of fused-ring (bicyclic) bond motifs is 1. The lowest BCUT2D eigenvalue weighted by Gasteiger charge is -2.44. The molecule has 0 aromatic rings. The highest BCUT2D eigenvalue weighted by Crippen LogP contribution is 2.33. The first-order chi connectivity index (χ1) is 7.16. The number of hydrogen-bond donors (Lipinski definition) is 0. The van der Waals surface area contributed by atoms with Crippen LogP contribution in [0.4, 0.5) is 0 Å². The molecule has 2 aliphatic rings. The molecule has 0 aromatic carbocycles. The second-order valence-corrected chi connectivity index (χ2v) is 5.78. The lowest BCUT2D eigenvalue weighted by atomic mass is 9.82. The van der Waals surface area contributed by atoms with Gasteiger partial charge in [-0.2, -0.15) is 0 Å². The fraction of sp³-hybridized carbons (Fsp3) is 0.857. The molecule has 2 atom stereocenters. The third-order valence-electron chi connectivity index (χ3n) is 3.88. The SMILES string of the molecule is CC(C)/C=C1\C[C@@H](C)C2CCCCN2C1. The molecule has 2 fully saturated rings. The number of allylic oxidation sites excluding steroid dienone is 1. The molecule has 15 heavy (non-hydrogen) atoms. The third-order valence-corrected chi connectivity index (χ3v) is 3.88. The molecule has 2 rings (SSSR count). The average Bonchev–Trinajstić information content (AvgIpc) is 2.16. The van der Waals surface area contributed by atoms with E-state index in [1.54, 1.807) is 5.57 Å². The lowest BCUT2D eigenvalue weighted by Crippen LogP contribution is -2.47. The van der Waals surface area contributed by atoms with Gasteiger partial charge in [-0.25, -0.2) is 0 Å². The monoisotopic (exact) mass is 207 g/mol. The summed E-state index contributed by atoms with van der Waals surface area (Å²) in [6.07, 6.45) is 8.14. The first-order valence-corrected chi connectivity index (χ1v) is 6.60. The first-order valence-electron chi connectivity index (χ1n) is 6.60. The van der Waals surface area contributed by atoms with Crippen LogP contribution in [0.25, 0.3) is 0 Å². The molecule has 1 nitrogen and oxygen atoms in total. The summed E-state index contributed by atoms with van der Waals surface area (Å²) >= 11 is 0. The molecule has 0 aromatic heterocycles. The Morgan fingerprint density at radius 2 is 2.13 bits per heavy atom. The molecule has 2 aliphatic heterocycles. The van der Waals surface area contributed by atoms with Gasteiger partial charge in [-0.15, -0.1) is 0 Å². The molecule has 2 heterocycles. The summed E-state index contributed by atoms with van der Waals surface area (Å²) in [4.78, 5) is 2.73. The minimum absolute atomic E-state index is 0.716. The zero-order chi connectivity index (χ0) is 10.8. The van der Waals surface area contributed by atoms with Crippen molar-refractivity contribution in [3.63, 3.8) is 0 Å². The van der Waals surface area contributed by atoms with Crippen LogP contribution >= 0.6 is 0 Å². The second kappa shape index (κ2) is 4.69. The van der Waals surface area contributed by atoms with E-state index in [4.69, 9.17) is 0 Å². The van der Waals surface area contributed by atoms with E-state index in [1.807, 2.05) is 0 Å². The number of rotatable bonds is 1. The van der Waals surface area contributed by atoms with Crippen LogP contribution in [0.15, 0.2) is 11.6 Å². The molecule has 2 saturated heterocycles. The zero-order valence-corrected chi connectivity index (χ0v) is 10.5. The van der Waals surface area contributed by atoms with Crippen molar-refractivity contribution in [1.82, 2.24) is 4.90 Å². The van der Waals surface area contributed by atoms with Crippen LogP contribution in [-0.4, -0.2) is 24.0 Å². The van der Waals surface area contributed by atoms with Crippen LogP contribution in [-0.2, 0) is 0 Å². The number of nitrogens with zero attached hydrogens (tertiary/aromatic N) is 1. The Morgan fingerprint density at radius 1 is 1.33 bits per heavy atom. The zero-order valence-electron chi connectivity index (χ0n) is 10.5. The van der Waals surface area contributed by atoms with E-state index in [-0.39, 0.29) is 0 Å². The molecule has 1 heteroatoms. The van der Waals surface area contributed by atoms with Gasteiger partial charge in [0.2, 0.25) is 0 Å². The van der Waals surface area contributed by atoms with Gasteiger partial charge < -0.3 is 0 Å². The van der Waals surface area contributed by atoms with E-state index in [9.17, 15) is 0 Å². The van der Waals surface area contributed by atoms with Gasteiger partial charge in [0.1, 0.15) is 0 Å². The summed E-state index contributed by atoms with van der Waals surface area (Å²) in [5.41, 5.74) is 1.69. The van der Waals surface area contributed by atoms with Crippen molar-refractivity contribution in [1.29, 1.82) is 0 Å². The van der Waals surface area contributed by atoms with Crippen LogP contribution in [0, 0.1) is 11.8 Å². The van der Waals surface area contributed by atoms with E-state index in [0.717, 1.165) is 12.0 Å². The highest BCUT2D eigenvalue weighted by molar-refractivity contribution is 5.12.